The van der Waals surface area contributed by atoms with Gasteiger partial charge in [-0.2, -0.15) is 13.2 Å². The van der Waals surface area contributed by atoms with Crippen molar-refractivity contribution in [2.75, 3.05) is 19.4 Å². The van der Waals surface area contributed by atoms with Gasteiger partial charge in [0.15, 0.2) is 0 Å². The quantitative estimate of drug-likeness (QED) is 0.465. The summed E-state index contributed by atoms with van der Waals surface area (Å²) >= 11 is 0. The number of ether oxygens (including phenoxy) is 1. The standard InChI is InChI=1S/C21H14F3N7O2/c1-26-12-4-13-14(31-9-27-7-15(31)19(25)29-13)3-10(12)20(32)30(2)16-8-33-17-5-18(21(22,23)24)28-6-11(16)17/h3-7,9,16H,8H2,2H3,(H2,25,29)/t16-/m1/s1. The molecule has 3 aromatic heterocycles. The normalized spacial score (nSPS) is 15.3. The Morgan fingerprint density at radius 2 is 2.09 bits per heavy atom. The van der Waals surface area contributed by atoms with Crippen molar-refractivity contribution >= 4 is 34.0 Å². The van der Waals surface area contributed by atoms with Crippen LogP contribution in [-0.2, 0) is 6.18 Å². The maximum absolute atomic E-state index is 13.4. The first-order valence-corrected chi connectivity index (χ1v) is 9.59. The highest BCUT2D eigenvalue weighted by Gasteiger charge is 2.37. The number of hydrogen-bond acceptors (Lipinski definition) is 6. The molecule has 0 aliphatic carbocycles. The molecule has 33 heavy (non-hydrogen) atoms. The van der Waals surface area contributed by atoms with Crippen molar-refractivity contribution in [2.24, 2.45) is 0 Å². The van der Waals surface area contributed by atoms with Crippen molar-refractivity contribution in [3.05, 3.63) is 65.2 Å². The SMILES string of the molecule is [C-]#[N+]c1cc2nc(N)c3cncn3c2cc1C(=O)N(C)[C@@H]1COc2cc(C(F)(F)F)ncc21. The van der Waals surface area contributed by atoms with E-state index >= 15 is 0 Å². The second kappa shape index (κ2) is 7.06. The summed E-state index contributed by atoms with van der Waals surface area (Å²) in [6.07, 6.45) is -0.481. The van der Waals surface area contributed by atoms with Crippen molar-refractivity contribution in [1.29, 1.82) is 0 Å². The predicted molar refractivity (Wildman–Crippen MR) is 111 cm³/mol. The number of carbonyl (C=O) groups is 1. The predicted octanol–water partition coefficient (Wildman–Crippen LogP) is 3.63. The lowest BCUT2D eigenvalue weighted by Crippen LogP contribution is -2.32. The van der Waals surface area contributed by atoms with E-state index < -0.39 is 23.8 Å². The van der Waals surface area contributed by atoms with E-state index in [4.69, 9.17) is 17.0 Å². The molecule has 0 radical (unpaired) electrons. The summed E-state index contributed by atoms with van der Waals surface area (Å²) in [4.78, 5) is 30.0. The molecule has 0 bridgehead atoms. The number of nitrogens with two attached hydrogens (primary N) is 1. The molecule has 0 unspecified atom stereocenters. The van der Waals surface area contributed by atoms with Gasteiger partial charge in [-0.25, -0.2) is 14.8 Å². The number of nitrogens with zero attached hydrogens (tertiary/aromatic N) is 6. The van der Waals surface area contributed by atoms with Gasteiger partial charge in [-0.05, 0) is 12.1 Å². The van der Waals surface area contributed by atoms with Crippen LogP contribution < -0.4 is 10.5 Å². The Kier molecular flexibility index (Phi) is 4.38. The van der Waals surface area contributed by atoms with E-state index in [-0.39, 0.29) is 29.4 Å². The number of hydrogen-bond donors (Lipinski definition) is 1. The van der Waals surface area contributed by atoms with Gasteiger partial charge in [0.1, 0.15) is 29.4 Å². The Morgan fingerprint density at radius 3 is 2.82 bits per heavy atom. The number of benzene rings is 1. The van der Waals surface area contributed by atoms with Crippen LogP contribution in [0, 0.1) is 6.57 Å². The highest BCUT2D eigenvalue weighted by molar-refractivity contribution is 6.04. The molecule has 0 saturated carbocycles. The minimum atomic E-state index is -4.61. The van der Waals surface area contributed by atoms with Gasteiger partial charge < -0.3 is 15.4 Å². The molecule has 4 heterocycles. The Hall–Kier alpha value is -4.40. The summed E-state index contributed by atoms with van der Waals surface area (Å²) in [5.74, 6) is -0.252. The minimum absolute atomic E-state index is 0.0192. The van der Waals surface area contributed by atoms with Crippen LogP contribution in [0.4, 0.5) is 24.7 Å². The average Bonchev–Trinajstić information content (AvgIpc) is 3.44. The number of rotatable bonds is 2. The highest BCUT2D eigenvalue weighted by Crippen LogP contribution is 2.40. The first-order valence-electron chi connectivity index (χ1n) is 9.59. The van der Waals surface area contributed by atoms with Crippen molar-refractivity contribution in [2.45, 2.75) is 12.2 Å². The molecule has 9 nitrogen and oxygen atoms in total. The zero-order chi connectivity index (χ0) is 23.5. The second-order valence-corrected chi connectivity index (χ2v) is 7.46. The first kappa shape index (κ1) is 20.5. The van der Waals surface area contributed by atoms with Crippen LogP contribution >= 0.6 is 0 Å². The van der Waals surface area contributed by atoms with Crippen LogP contribution in [0.5, 0.6) is 5.75 Å². The number of nitrogen functional groups attached to an aromatic ring is 1. The summed E-state index contributed by atoms with van der Waals surface area (Å²) in [6, 6.07) is 3.15. The van der Waals surface area contributed by atoms with Crippen molar-refractivity contribution in [3.8, 4) is 5.75 Å². The number of likely N-dealkylation sites (N-methyl/N-ethyl adjacent to an activating group) is 1. The summed E-state index contributed by atoms with van der Waals surface area (Å²) in [5, 5.41) is 0. The molecule has 0 fully saturated rings. The topological polar surface area (TPSA) is 103 Å². The largest absolute Gasteiger partial charge is 0.491 e. The second-order valence-electron chi connectivity index (χ2n) is 7.46. The molecular formula is C21H14F3N7O2. The molecule has 1 aliphatic heterocycles. The van der Waals surface area contributed by atoms with Crippen molar-refractivity contribution < 1.29 is 22.7 Å². The van der Waals surface area contributed by atoms with Gasteiger partial charge in [-0.1, -0.05) is 0 Å². The van der Waals surface area contributed by atoms with Crippen LogP contribution in [0.1, 0.15) is 27.7 Å². The Morgan fingerprint density at radius 1 is 1.30 bits per heavy atom. The fourth-order valence-electron chi connectivity index (χ4n) is 3.86. The van der Waals surface area contributed by atoms with Crippen LogP contribution in [0.25, 0.3) is 21.4 Å². The molecule has 2 N–H and O–H groups in total. The van der Waals surface area contributed by atoms with Gasteiger partial charge in [-0.15, -0.1) is 0 Å². The first-order chi connectivity index (χ1) is 15.7. The Bertz CT molecular complexity index is 1490. The van der Waals surface area contributed by atoms with Gasteiger partial charge in [0.2, 0.25) is 11.6 Å². The van der Waals surface area contributed by atoms with E-state index in [1.54, 1.807) is 4.40 Å². The smallest absolute Gasteiger partial charge is 0.433 e. The Balaban J connectivity index is 1.56. The third kappa shape index (κ3) is 3.16. The number of pyridine rings is 1. The fraction of sp³-hybridized carbons (Fsp3) is 0.190. The fourth-order valence-corrected chi connectivity index (χ4v) is 3.86. The minimum Gasteiger partial charge on any atom is -0.491 e. The third-order valence-electron chi connectivity index (χ3n) is 5.57. The van der Waals surface area contributed by atoms with Gasteiger partial charge >= 0.3 is 6.18 Å². The summed E-state index contributed by atoms with van der Waals surface area (Å²) in [5.41, 5.74) is 6.91. The molecule has 1 aromatic carbocycles. The van der Waals surface area contributed by atoms with Gasteiger partial charge in [0, 0.05) is 30.4 Å². The zero-order valence-electron chi connectivity index (χ0n) is 17.0. The van der Waals surface area contributed by atoms with E-state index in [1.165, 1.54) is 36.6 Å². The number of imidazole rings is 1. The van der Waals surface area contributed by atoms with Crippen LogP contribution in [0.15, 0.2) is 36.9 Å². The lowest BCUT2D eigenvalue weighted by molar-refractivity contribution is -0.141. The molecule has 12 heteroatoms. The Labute approximate surface area is 184 Å². The van der Waals surface area contributed by atoms with E-state index in [0.717, 1.165) is 12.3 Å². The summed E-state index contributed by atoms with van der Waals surface area (Å²) < 4.78 is 45.9. The number of carbonyl (C=O) groups excluding carboxylic acids is 1. The summed E-state index contributed by atoms with van der Waals surface area (Å²) in [6.45, 7) is 7.49. The summed E-state index contributed by atoms with van der Waals surface area (Å²) in [7, 11) is 1.50. The van der Waals surface area contributed by atoms with Crippen molar-refractivity contribution in [1.82, 2.24) is 24.3 Å². The zero-order valence-corrected chi connectivity index (χ0v) is 17.0. The number of aromatic nitrogens is 4. The molecule has 1 aliphatic rings. The van der Waals surface area contributed by atoms with E-state index in [0.29, 0.717) is 22.1 Å². The van der Waals surface area contributed by atoms with E-state index in [9.17, 15) is 18.0 Å². The molecule has 1 atom stereocenters. The highest BCUT2D eigenvalue weighted by atomic mass is 19.4. The maximum atomic E-state index is 13.4. The van der Waals surface area contributed by atoms with Crippen LogP contribution in [-0.4, -0.2) is 43.8 Å². The number of anilines is 1. The van der Waals surface area contributed by atoms with Gasteiger partial charge in [0.05, 0.1) is 36.2 Å². The molecule has 0 spiro atoms. The molecule has 0 saturated heterocycles. The number of halogens is 3. The molecule has 4 aromatic rings. The van der Waals surface area contributed by atoms with Gasteiger partial charge in [-0.3, -0.25) is 14.2 Å². The maximum Gasteiger partial charge on any atom is 0.433 e. The number of amides is 1. The monoisotopic (exact) mass is 453 g/mol. The number of fused-ring (bicyclic) bond motifs is 4. The molecule has 1 amide bonds. The lowest BCUT2D eigenvalue weighted by atomic mass is 10.1. The number of alkyl halides is 3. The third-order valence-corrected chi connectivity index (χ3v) is 5.57. The van der Waals surface area contributed by atoms with Gasteiger partial charge in [0.25, 0.3) is 0 Å². The lowest BCUT2D eigenvalue weighted by Gasteiger charge is -2.24. The van der Waals surface area contributed by atoms with Crippen molar-refractivity contribution in [3.63, 3.8) is 0 Å². The van der Waals surface area contributed by atoms with E-state index in [2.05, 4.69) is 19.8 Å². The van der Waals surface area contributed by atoms with Crippen LogP contribution in [0.2, 0.25) is 0 Å². The van der Waals surface area contributed by atoms with Crippen LogP contribution in [0.3, 0.4) is 0 Å². The molecular weight excluding hydrogens is 439 g/mol. The molecule has 5 rings (SSSR count). The van der Waals surface area contributed by atoms with E-state index in [1.807, 2.05) is 0 Å². The average molecular weight is 453 g/mol. The molecule has 166 valence electrons.